The lowest BCUT2D eigenvalue weighted by Crippen LogP contribution is -2.48. The van der Waals surface area contributed by atoms with Gasteiger partial charge in [-0.05, 0) is 17.5 Å². The number of H-pyrrole nitrogens is 1. The van der Waals surface area contributed by atoms with Gasteiger partial charge < -0.3 is 15.0 Å². The molecule has 0 bridgehead atoms. The van der Waals surface area contributed by atoms with E-state index < -0.39 is 0 Å². The molecule has 1 aromatic heterocycles. The number of nitrogens with zero attached hydrogens (tertiary/aromatic N) is 1. The number of para-hydroxylation sites is 1. The maximum atomic E-state index is 12.3. The summed E-state index contributed by atoms with van der Waals surface area (Å²) in [4.78, 5) is 17.9. The first kappa shape index (κ1) is 17.0. The van der Waals surface area contributed by atoms with Crippen molar-refractivity contribution in [2.45, 2.75) is 26.4 Å². The molecule has 2 heterocycles. The van der Waals surface area contributed by atoms with Crippen LogP contribution >= 0.6 is 0 Å². The van der Waals surface area contributed by atoms with E-state index in [1.54, 1.807) is 0 Å². The van der Waals surface area contributed by atoms with Gasteiger partial charge in [-0.2, -0.15) is 0 Å². The second kappa shape index (κ2) is 7.81. The molecule has 5 nitrogen and oxygen atoms in total. The van der Waals surface area contributed by atoms with Gasteiger partial charge >= 0.3 is 0 Å². The smallest absolute Gasteiger partial charge is 0.224 e. The molecule has 130 valence electrons. The lowest BCUT2D eigenvalue weighted by atomic mass is 10.1. The van der Waals surface area contributed by atoms with Crippen LogP contribution in [0.4, 0.5) is 0 Å². The maximum Gasteiger partial charge on any atom is 0.224 e. The van der Waals surface area contributed by atoms with Crippen LogP contribution in [0.3, 0.4) is 0 Å². The van der Waals surface area contributed by atoms with Crippen molar-refractivity contribution in [3.8, 4) is 0 Å². The normalized spacial score (nSPS) is 19.0. The Kier molecular flexibility index (Phi) is 5.53. The van der Waals surface area contributed by atoms with Gasteiger partial charge in [0, 0.05) is 43.3 Å². The average molecular weight is 329 g/mol. The molecule has 5 heteroatoms. The molecule has 1 amide bonds. The zero-order chi connectivity index (χ0) is 16.9. The van der Waals surface area contributed by atoms with Gasteiger partial charge in [0.2, 0.25) is 5.91 Å². The maximum absolute atomic E-state index is 12.3. The number of aromatic amines is 1. The van der Waals surface area contributed by atoms with Crippen molar-refractivity contribution in [3.05, 3.63) is 36.0 Å². The molecule has 2 aromatic rings. The summed E-state index contributed by atoms with van der Waals surface area (Å²) in [6.07, 6.45) is 2.41. The number of rotatable bonds is 6. The second-order valence-corrected chi connectivity index (χ2v) is 6.99. The number of carbonyl (C=O) groups excluding carboxylic acids is 1. The van der Waals surface area contributed by atoms with Gasteiger partial charge in [0.1, 0.15) is 0 Å². The molecule has 1 aliphatic heterocycles. The predicted molar refractivity (Wildman–Crippen MR) is 96.0 cm³/mol. The third kappa shape index (κ3) is 4.36. The summed E-state index contributed by atoms with van der Waals surface area (Å²) >= 11 is 0. The Bertz CT molecular complexity index is 680. The largest absolute Gasteiger partial charge is 0.374 e. The highest BCUT2D eigenvalue weighted by atomic mass is 16.5. The first-order valence-corrected chi connectivity index (χ1v) is 8.77. The number of nitrogens with one attached hydrogen (secondary N) is 2. The zero-order valence-corrected chi connectivity index (χ0v) is 14.5. The van der Waals surface area contributed by atoms with Gasteiger partial charge in [0.15, 0.2) is 0 Å². The molecule has 0 saturated carbocycles. The van der Waals surface area contributed by atoms with Crippen molar-refractivity contribution >= 4 is 16.8 Å². The third-order valence-electron chi connectivity index (χ3n) is 4.40. The highest BCUT2D eigenvalue weighted by Crippen LogP contribution is 2.18. The lowest BCUT2D eigenvalue weighted by Gasteiger charge is -2.33. The summed E-state index contributed by atoms with van der Waals surface area (Å²) in [5, 5.41) is 4.14. The summed E-state index contributed by atoms with van der Waals surface area (Å²) in [7, 11) is 0. The fraction of sp³-hybridized carbons (Fsp3) is 0.526. The Balaban J connectivity index is 1.49. The van der Waals surface area contributed by atoms with E-state index in [-0.39, 0.29) is 12.0 Å². The fourth-order valence-electron chi connectivity index (χ4n) is 3.33. The van der Waals surface area contributed by atoms with Gasteiger partial charge in [0.25, 0.3) is 0 Å². The number of ether oxygens (including phenoxy) is 1. The number of benzene rings is 1. The number of fused-ring (bicyclic) bond motifs is 1. The van der Waals surface area contributed by atoms with Crippen molar-refractivity contribution in [2.24, 2.45) is 5.92 Å². The number of morpholine rings is 1. The van der Waals surface area contributed by atoms with E-state index in [1.807, 2.05) is 30.5 Å². The molecule has 3 rings (SSSR count). The van der Waals surface area contributed by atoms with Gasteiger partial charge in [0.05, 0.1) is 19.1 Å². The SMILES string of the molecule is CC(C)CN1CCO[C@@H](CNC(=O)Cc2c[nH]c3ccccc23)C1. The topological polar surface area (TPSA) is 57.4 Å². The zero-order valence-electron chi connectivity index (χ0n) is 14.5. The molecule has 0 unspecified atom stereocenters. The van der Waals surface area contributed by atoms with Gasteiger partial charge in [-0.15, -0.1) is 0 Å². The predicted octanol–water partition coefficient (Wildman–Crippen LogP) is 2.18. The van der Waals surface area contributed by atoms with Crippen LogP contribution in [0, 0.1) is 5.92 Å². The monoisotopic (exact) mass is 329 g/mol. The molecule has 1 aliphatic rings. The Morgan fingerprint density at radius 2 is 2.25 bits per heavy atom. The molecular formula is C19H27N3O2. The van der Waals surface area contributed by atoms with E-state index in [0.717, 1.165) is 42.7 Å². The first-order valence-electron chi connectivity index (χ1n) is 8.77. The minimum Gasteiger partial charge on any atom is -0.374 e. The number of hydrogen-bond acceptors (Lipinski definition) is 3. The molecule has 0 aliphatic carbocycles. The Morgan fingerprint density at radius 1 is 1.42 bits per heavy atom. The quantitative estimate of drug-likeness (QED) is 0.854. The minimum absolute atomic E-state index is 0.0457. The van der Waals surface area contributed by atoms with E-state index >= 15 is 0 Å². The van der Waals surface area contributed by atoms with Crippen LogP contribution < -0.4 is 5.32 Å². The second-order valence-electron chi connectivity index (χ2n) is 6.99. The van der Waals surface area contributed by atoms with E-state index in [9.17, 15) is 4.79 Å². The van der Waals surface area contributed by atoms with Crippen molar-refractivity contribution in [1.29, 1.82) is 0 Å². The Hall–Kier alpha value is -1.85. The number of hydrogen-bond donors (Lipinski definition) is 2. The van der Waals surface area contributed by atoms with Crippen molar-refractivity contribution in [1.82, 2.24) is 15.2 Å². The molecule has 1 atom stereocenters. The van der Waals surface area contributed by atoms with Gasteiger partial charge in [-0.1, -0.05) is 32.0 Å². The van der Waals surface area contributed by atoms with Crippen LogP contribution in [0.5, 0.6) is 0 Å². The molecule has 1 aromatic carbocycles. The van der Waals surface area contributed by atoms with Crippen LogP contribution in [0.15, 0.2) is 30.5 Å². The lowest BCUT2D eigenvalue weighted by molar-refractivity contribution is -0.121. The van der Waals surface area contributed by atoms with E-state index in [1.165, 1.54) is 0 Å². The van der Waals surface area contributed by atoms with Crippen LogP contribution in [0.2, 0.25) is 0 Å². The van der Waals surface area contributed by atoms with E-state index in [0.29, 0.717) is 18.9 Å². The van der Waals surface area contributed by atoms with Crippen LogP contribution in [-0.2, 0) is 16.0 Å². The molecule has 2 N–H and O–H groups in total. The summed E-state index contributed by atoms with van der Waals surface area (Å²) < 4.78 is 5.78. The summed E-state index contributed by atoms with van der Waals surface area (Å²) in [5.41, 5.74) is 2.11. The summed E-state index contributed by atoms with van der Waals surface area (Å²) in [5.74, 6) is 0.699. The average Bonchev–Trinajstić information content (AvgIpc) is 2.96. The summed E-state index contributed by atoms with van der Waals surface area (Å²) in [6, 6.07) is 8.06. The standard InChI is InChI=1S/C19H27N3O2/c1-14(2)12-22-7-8-24-16(13-22)11-21-19(23)9-15-10-20-18-6-4-3-5-17(15)18/h3-6,10,14,16,20H,7-9,11-13H2,1-2H3,(H,21,23)/t16-/m0/s1. The Labute approximate surface area is 143 Å². The minimum atomic E-state index is 0.0457. The van der Waals surface area contributed by atoms with Crippen molar-refractivity contribution in [3.63, 3.8) is 0 Å². The van der Waals surface area contributed by atoms with E-state index in [2.05, 4.69) is 29.0 Å². The highest BCUT2D eigenvalue weighted by Gasteiger charge is 2.21. The van der Waals surface area contributed by atoms with Crippen LogP contribution in [0.25, 0.3) is 10.9 Å². The van der Waals surface area contributed by atoms with Crippen LogP contribution in [-0.4, -0.2) is 54.7 Å². The van der Waals surface area contributed by atoms with Crippen LogP contribution in [0.1, 0.15) is 19.4 Å². The number of carbonyl (C=O) groups is 1. The van der Waals surface area contributed by atoms with Crippen molar-refractivity contribution < 1.29 is 9.53 Å². The molecular weight excluding hydrogens is 302 g/mol. The highest BCUT2D eigenvalue weighted by molar-refractivity contribution is 5.88. The van der Waals surface area contributed by atoms with Gasteiger partial charge in [-0.25, -0.2) is 0 Å². The van der Waals surface area contributed by atoms with E-state index in [4.69, 9.17) is 4.74 Å². The van der Waals surface area contributed by atoms with Gasteiger partial charge in [-0.3, -0.25) is 9.69 Å². The first-order chi connectivity index (χ1) is 11.6. The molecule has 0 radical (unpaired) electrons. The molecule has 0 spiro atoms. The molecule has 1 saturated heterocycles. The number of aromatic nitrogens is 1. The number of amides is 1. The molecule has 24 heavy (non-hydrogen) atoms. The fourth-order valence-corrected chi connectivity index (χ4v) is 3.33. The summed E-state index contributed by atoms with van der Waals surface area (Å²) in [6.45, 7) is 8.75. The third-order valence-corrected chi connectivity index (χ3v) is 4.40. The molecule has 1 fully saturated rings. The Morgan fingerprint density at radius 3 is 3.08 bits per heavy atom. The van der Waals surface area contributed by atoms with Crippen molar-refractivity contribution in [2.75, 3.05) is 32.8 Å².